The molecule has 178 valence electrons. The van der Waals surface area contributed by atoms with Crippen molar-refractivity contribution in [3.05, 3.63) is 23.3 Å². The van der Waals surface area contributed by atoms with Gasteiger partial charge in [-0.15, -0.1) is 0 Å². The van der Waals surface area contributed by atoms with Gasteiger partial charge in [0, 0.05) is 23.6 Å². The monoisotopic (exact) mass is 443 g/mol. The first-order valence-corrected chi connectivity index (χ1v) is 12.4. The summed E-state index contributed by atoms with van der Waals surface area (Å²) in [7, 11) is 4.06. The summed E-state index contributed by atoms with van der Waals surface area (Å²) in [5.41, 5.74) is 2.56. The van der Waals surface area contributed by atoms with Crippen molar-refractivity contribution < 1.29 is 18.9 Å². The van der Waals surface area contributed by atoms with Gasteiger partial charge in [0.25, 0.3) is 0 Å². The zero-order valence-electron chi connectivity index (χ0n) is 21.0. The lowest BCUT2D eigenvalue weighted by Gasteiger charge is -2.59. The number of ether oxygens (including phenoxy) is 4. The zero-order valence-corrected chi connectivity index (χ0v) is 21.0. The molecule has 5 nitrogen and oxygen atoms in total. The number of methoxy groups -OCH3 is 1. The van der Waals surface area contributed by atoms with Gasteiger partial charge in [-0.2, -0.15) is 0 Å². The highest BCUT2D eigenvalue weighted by atomic mass is 16.6. The standard InChI is InChI=1S/C27H41NO4/c1-25(2,3)30-15-13-26(4,5)32-21-11-9-18-19-16-17-8-10-20(29-7)23-22(17)27(18,24(21)31-23)12-14-28(19)6/h8,10,18-19,21,24H,9,11-16H2,1-7H3. The Balaban J connectivity index is 1.46. The Morgan fingerprint density at radius 1 is 1.16 bits per heavy atom. The molecule has 32 heavy (non-hydrogen) atoms. The summed E-state index contributed by atoms with van der Waals surface area (Å²) in [6.07, 6.45) is 5.52. The molecule has 2 heterocycles. The van der Waals surface area contributed by atoms with Crippen molar-refractivity contribution >= 4 is 0 Å². The molecule has 2 aliphatic heterocycles. The van der Waals surface area contributed by atoms with E-state index in [0.717, 1.165) is 43.7 Å². The average Bonchev–Trinajstić information content (AvgIpc) is 3.05. The van der Waals surface area contributed by atoms with Gasteiger partial charge in [-0.25, -0.2) is 0 Å². The number of hydrogen-bond donors (Lipinski definition) is 0. The number of rotatable bonds is 6. The molecule has 0 amide bonds. The maximum absolute atomic E-state index is 6.88. The van der Waals surface area contributed by atoms with Gasteiger partial charge in [0.05, 0.1) is 24.4 Å². The number of piperidine rings is 1. The minimum absolute atomic E-state index is 0.0511. The smallest absolute Gasteiger partial charge is 0.165 e. The Morgan fingerprint density at radius 3 is 2.66 bits per heavy atom. The lowest BCUT2D eigenvalue weighted by molar-refractivity contribution is -0.173. The van der Waals surface area contributed by atoms with E-state index in [1.807, 2.05) is 0 Å². The molecule has 0 radical (unpaired) electrons. The van der Waals surface area contributed by atoms with E-state index in [1.54, 1.807) is 7.11 Å². The topological polar surface area (TPSA) is 40.2 Å². The number of hydrogen-bond acceptors (Lipinski definition) is 5. The van der Waals surface area contributed by atoms with Crippen LogP contribution in [0.15, 0.2) is 12.1 Å². The predicted molar refractivity (Wildman–Crippen MR) is 126 cm³/mol. The second-order valence-corrected chi connectivity index (χ2v) is 12.0. The van der Waals surface area contributed by atoms with Crippen molar-refractivity contribution in [2.75, 3.05) is 27.3 Å². The summed E-state index contributed by atoms with van der Waals surface area (Å²) >= 11 is 0. The summed E-state index contributed by atoms with van der Waals surface area (Å²) < 4.78 is 25.5. The van der Waals surface area contributed by atoms with E-state index in [0.29, 0.717) is 18.6 Å². The van der Waals surface area contributed by atoms with Gasteiger partial charge in [0.2, 0.25) is 0 Å². The van der Waals surface area contributed by atoms with Crippen LogP contribution in [0.1, 0.15) is 71.4 Å². The Morgan fingerprint density at radius 2 is 1.94 bits per heavy atom. The molecule has 1 saturated carbocycles. The van der Waals surface area contributed by atoms with Crippen LogP contribution in [-0.2, 0) is 21.3 Å². The fourth-order valence-corrected chi connectivity index (χ4v) is 7.03. The van der Waals surface area contributed by atoms with Crippen LogP contribution in [0.5, 0.6) is 11.5 Å². The molecule has 4 aliphatic rings. The Hall–Kier alpha value is -1.30. The lowest BCUT2D eigenvalue weighted by Crippen LogP contribution is -2.67. The highest BCUT2D eigenvalue weighted by molar-refractivity contribution is 5.61. The fourth-order valence-electron chi connectivity index (χ4n) is 7.03. The van der Waals surface area contributed by atoms with Crippen molar-refractivity contribution in [2.24, 2.45) is 5.92 Å². The highest BCUT2D eigenvalue weighted by Gasteiger charge is 2.66. The van der Waals surface area contributed by atoms with Crippen molar-refractivity contribution in [1.82, 2.24) is 4.90 Å². The van der Waals surface area contributed by atoms with Crippen LogP contribution in [0.3, 0.4) is 0 Å². The van der Waals surface area contributed by atoms with Crippen LogP contribution in [0.4, 0.5) is 0 Å². The summed E-state index contributed by atoms with van der Waals surface area (Å²) in [5, 5.41) is 0. The van der Waals surface area contributed by atoms with Crippen molar-refractivity contribution in [1.29, 1.82) is 0 Å². The Bertz CT molecular complexity index is 875. The van der Waals surface area contributed by atoms with Gasteiger partial charge in [-0.05, 0) is 97.9 Å². The summed E-state index contributed by atoms with van der Waals surface area (Å²) in [5.74, 6) is 2.49. The molecule has 0 aromatic heterocycles. The molecule has 5 unspecified atom stereocenters. The van der Waals surface area contributed by atoms with Crippen LogP contribution in [-0.4, -0.2) is 61.7 Å². The molecule has 5 heteroatoms. The third-order valence-corrected chi connectivity index (χ3v) is 8.45. The Labute approximate surface area is 193 Å². The first-order chi connectivity index (χ1) is 15.1. The molecule has 2 aliphatic carbocycles. The van der Waals surface area contributed by atoms with Crippen molar-refractivity contribution in [2.45, 2.75) is 102 Å². The minimum Gasteiger partial charge on any atom is -0.493 e. The second kappa shape index (κ2) is 7.61. The molecular weight excluding hydrogens is 402 g/mol. The number of likely N-dealkylation sites (tertiary alicyclic amines) is 1. The summed E-state index contributed by atoms with van der Waals surface area (Å²) in [6.45, 7) is 12.5. The van der Waals surface area contributed by atoms with E-state index in [1.165, 1.54) is 17.5 Å². The van der Waals surface area contributed by atoms with Crippen LogP contribution in [0.2, 0.25) is 0 Å². The van der Waals surface area contributed by atoms with E-state index in [9.17, 15) is 0 Å². The zero-order chi connectivity index (χ0) is 22.9. The molecule has 1 aromatic carbocycles. The van der Waals surface area contributed by atoms with E-state index in [2.05, 4.69) is 58.7 Å². The maximum Gasteiger partial charge on any atom is 0.165 e. The Kier molecular flexibility index (Phi) is 5.35. The van der Waals surface area contributed by atoms with Gasteiger partial charge >= 0.3 is 0 Å². The third kappa shape index (κ3) is 3.47. The normalized spacial score (nSPS) is 33.6. The molecule has 1 spiro atoms. The van der Waals surface area contributed by atoms with E-state index in [4.69, 9.17) is 18.9 Å². The molecule has 2 fully saturated rings. The van der Waals surface area contributed by atoms with E-state index in [-0.39, 0.29) is 28.8 Å². The van der Waals surface area contributed by atoms with Crippen molar-refractivity contribution in [3.8, 4) is 11.5 Å². The van der Waals surface area contributed by atoms with Crippen LogP contribution in [0, 0.1) is 5.92 Å². The van der Waals surface area contributed by atoms with Gasteiger partial charge in [-0.3, -0.25) is 0 Å². The van der Waals surface area contributed by atoms with Gasteiger partial charge in [0.15, 0.2) is 11.5 Å². The second-order valence-electron chi connectivity index (χ2n) is 12.0. The van der Waals surface area contributed by atoms with Crippen LogP contribution < -0.4 is 9.47 Å². The molecule has 5 atom stereocenters. The van der Waals surface area contributed by atoms with Gasteiger partial charge in [-0.1, -0.05) is 6.07 Å². The summed E-state index contributed by atoms with van der Waals surface area (Å²) in [4.78, 5) is 2.59. The fraction of sp³-hybridized carbons (Fsp3) is 0.778. The molecule has 0 N–H and O–H groups in total. The number of benzene rings is 1. The van der Waals surface area contributed by atoms with Crippen molar-refractivity contribution in [3.63, 3.8) is 0 Å². The molecular formula is C27H41NO4. The van der Waals surface area contributed by atoms with Gasteiger partial charge in [0.1, 0.15) is 6.10 Å². The largest absolute Gasteiger partial charge is 0.493 e. The third-order valence-electron chi connectivity index (χ3n) is 8.45. The lowest BCUT2D eigenvalue weighted by atomic mass is 9.51. The quantitative estimate of drug-likeness (QED) is 0.636. The van der Waals surface area contributed by atoms with Crippen LogP contribution in [0.25, 0.3) is 0 Å². The SMILES string of the molecule is COc1ccc2c3c1OC1C(OC(C)(C)CCOC(C)(C)C)CCC4C(C2)N(C)CCC341. The average molecular weight is 444 g/mol. The predicted octanol–water partition coefficient (Wildman–Crippen LogP) is 4.73. The summed E-state index contributed by atoms with van der Waals surface area (Å²) in [6, 6.07) is 4.98. The van der Waals surface area contributed by atoms with Crippen LogP contribution >= 0.6 is 0 Å². The van der Waals surface area contributed by atoms with E-state index >= 15 is 0 Å². The highest BCUT2D eigenvalue weighted by Crippen LogP contribution is 2.64. The molecule has 2 bridgehead atoms. The first-order valence-electron chi connectivity index (χ1n) is 12.4. The number of likely N-dealkylation sites (N-methyl/N-ethyl adjacent to an activating group) is 1. The number of nitrogens with zero attached hydrogens (tertiary/aromatic N) is 1. The maximum atomic E-state index is 6.88. The molecule has 1 saturated heterocycles. The first kappa shape index (κ1) is 22.5. The van der Waals surface area contributed by atoms with E-state index < -0.39 is 0 Å². The van der Waals surface area contributed by atoms with Gasteiger partial charge < -0.3 is 23.8 Å². The molecule has 1 aromatic rings. The molecule has 5 rings (SSSR count). The minimum atomic E-state index is -0.260.